The third-order valence-electron chi connectivity index (χ3n) is 11.1. The molecule has 1 saturated heterocycles. The predicted octanol–water partition coefficient (Wildman–Crippen LogP) is 5.53. The fourth-order valence-electron chi connectivity index (χ4n) is 8.96. The zero-order valence-corrected chi connectivity index (χ0v) is 25.8. The van der Waals surface area contributed by atoms with Crippen molar-refractivity contribution < 1.29 is 37.8 Å². The molecule has 4 aliphatic carbocycles. The summed E-state index contributed by atoms with van der Waals surface area (Å²) in [6, 6.07) is 6.95. The lowest BCUT2D eigenvalue weighted by atomic mass is 9.44. The van der Waals surface area contributed by atoms with Crippen LogP contribution in [-0.2, 0) is 24.0 Å². The van der Waals surface area contributed by atoms with E-state index < -0.39 is 81.7 Å². The molecule has 4 fully saturated rings. The molecule has 1 aromatic carbocycles. The van der Waals surface area contributed by atoms with Crippen LogP contribution in [0.1, 0.15) is 53.9 Å². The monoisotopic (exact) mass is 617 g/mol. The van der Waals surface area contributed by atoms with E-state index in [0.29, 0.717) is 17.1 Å². The van der Waals surface area contributed by atoms with Crippen LogP contribution in [0.15, 0.2) is 48.1 Å². The normalized spacial score (nSPS) is 41.6. The molecule has 0 radical (unpaired) electrons. The highest BCUT2D eigenvalue weighted by atomic mass is 35.5. The summed E-state index contributed by atoms with van der Waals surface area (Å²) in [4.78, 5) is 45.8. The molecule has 0 aromatic heterocycles. The number of carbonyl (C=O) groups is 3. The summed E-state index contributed by atoms with van der Waals surface area (Å²) in [6.07, 6.45) is 0.590. The zero-order valence-electron chi connectivity index (χ0n) is 25.0. The number of aliphatic hydroxyl groups excluding tert-OH is 1. The second kappa shape index (κ2) is 9.69. The van der Waals surface area contributed by atoms with Crippen molar-refractivity contribution >= 4 is 34.8 Å². The van der Waals surface area contributed by atoms with Crippen LogP contribution in [0.2, 0.25) is 5.02 Å². The lowest BCUT2D eigenvalue weighted by Crippen LogP contribution is -2.70. The van der Waals surface area contributed by atoms with Gasteiger partial charge in [0.15, 0.2) is 23.7 Å². The molecule has 0 amide bonds. The van der Waals surface area contributed by atoms with Gasteiger partial charge in [0, 0.05) is 27.7 Å². The Kier molecular flexibility index (Phi) is 6.85. The first-order valence-electron chi connectivity index (χ1n) is 14.9. The minimum Gasteiger partial charge on any atom is -0.457 e. The second-order valence-corrected chi connectivity index (χ2v) is 14.8. The van der Waals surface area contributed by atoms with Gasteiger partial charge in [-0.2, -0.15) is 0 Å². The summed E-state index contributed by atoms with van der Waals surface area (Å²) in [6.45, 7) is 8.16. The Morgan fingerprint density at radius 2 is 1.84 bits per heavy atom. The standard InChI is InChI=1S/C33H38ClF2NO6/c1-29(2,3)28(41)42-17-27(40)33-18(16-37(43-33)20-8-6-19(34)7-9-20)12-22-23-14-25(35)24-13-21(38)10-11-30(24,4)32(23,36)26(39)15-31(22,33)5/h6-11,13,18,22-23,25-26,39H,12,14-17H2,1-5H3/t18-,22-,23-,25-,26-,30-,31-,32-,33-/m0/s1. The number of rotatable bonds is 4. The van der Waals surface area contributed by atoms with Crippen molar-refractivity contribution in [2.75, 3.05) is 18.2 Å². The van der Waals surface area contributed by atoms with Crippen molar-refractivity contribution in [3.63, 3.8) is 0 Å². The van der Waals surface area contributed by atoms with Gasteiger partial charge >= 0.3 is 5.97 Å². The maximum atomic E-state index is 17.7. The number of allylic oxidation sites excluding steroid dienone is 4. The van der Waals surface area contributed by atoms with Gasteiger partial charge in [0.1, 0.15) is 6.17 Å². The van der Waals surface area contributed by atoms with Crippen LogP contribution in [-0.4, -0.2) is 59.3 Å². The molecular weight excluding hydrogens is 580 g/mol. The van der Waals surface area contributed by atoms with E-state index in [2.05, 4.69) is 0 Å². The molecule has 9 atom stereocenters. The molecule has 43 heavy (non-hydrogen) atoms. The highest BCUT2D eigenvalue weighted by Gasteiger charge is 2.79. The number of esters is 1. The number of Topliss-reactive ketones (excluding diaryl/α,β-unsaturated/α-hetero) is 1. The third kappa shape index (κ3) is 4.06. The van der Waals surface area contributed by atoms with Gasteiger partial charge in [-0.05, 0) is 94.9 Å². The molecule has 7 nitrogen and oxygen atoms in total. The molecule has 1 N–H and O–H groups in total. The van der Waals surface area contributed by atoms with Crippen LogP contribution in [0.5, 0.6) is 0 Å². The van der Waals surface area contributed by atoms with Crippen LogP contribution >= 0.6 is 11.6 Å². The smallest absolute Gasteiger partial charge is 0.311 e. The maximum absolute atomic E-state index is 17.7. The number of benzene rings is 1. The Labute approximate surface area is 255 Å². The minimum absolute atomic E-state index is 0.0460. The van der Waals surface area contributed by atoms with Crippen molar-refractivity contribution in [1.82, 2.24) is 0 Å². The number of hydrogen-bond acceptors (Lipinski definition) is 7. The van der Waals surface area contributed by atoms with Crippen LogP contribution < -0.4 is 5.06 Å². The minimum atomic E-state index is -2.28. The maximum Gasteiger partial charge on any atom is 0.311 e. The number of nitrogens with zero attached hydrogens (tertiary/aromatic N) is 1. The summed E-state index contributed by atoms with van der Waals surface area (Å²) in [5, 5.41) is 13.9. The Morgan fingerprint density at radius 1 is 1.16 bits per heavy atom. The number of halogens is 3. The fourth-order valence-corrected chi connectivity index (χ4v) is 9.09. The Morgan fingerprint density at radius 3 is 2.49 bits per heavy atom. The summed E-state index contributed by atoms with van der Waals surface area (Å²) < 4.78 is 39.0. The molecule has 3 saturated carbocycles. The number of ketones is 2. The molecule has 5 aliphatic rings. The number of fused-ring (bicyclic) bond motifs is 7. The third-order valence-corrected chi connectivity index (χ3v) is 11.3. The van der Waals surface area contributed by atoms with Gasteiger partial charge in [0.05, 0.1) is 23.8 Å². The summed E-state index contributed by atoms with van der Waals surface area (Å²) in [7, 11) is 0. The lowest BCUT2D eigenvalue weighted by Gasteiger charge is -2.63. The largest absolute Gasteiger partial charge is 0.457 e. The highest BCUT2D eigenvalue weighted by molar-refractivity contribution is 6.30. The van der Waals surface area contributed by atoms with Crippen molar-refractivity contribution in [3.8, 4) is 0 Å². The van der Waals surface area contributed by atoms with Gasteiger partial charge < -0.3 is 9.84 Å². The van der Waals surface area contributed by atoms with Crippen molar-refractivity contribution in [2.24, 2.45) is 34.0 Å². The number of aliphatic hydroxyl groups is 1. The fraction of sp³-hybridized carbons (Fsp3) is 0.606. The average Bonchev–Trinajstić information content (AvgIpc) is 3.43. The first-order chi connectivity index (χ1) is 20.0. The second-order valence-electron chi connectivity index (χ2n) is 14.4. The van der Waals surface area contributed by atoms with Gasteiger partial charge in [-0.1, -0.05) is 24.6 Å². The van der Waals surface area contributed by atoms with Gasteiger partial charge in [-0.25, -0.2) is 8.78 Å². The number of anilines is 1. The molecule has 232 valence electrons. The van der Waals surface area contributed by atoms with Crippen LogP contribution in [0, 0.1) is 34.0 Å². The molecule has 1 aliphatic heterocycles. The first-order valence-corrected chi connectivity index (χ1v) is 15.3. The SMILES string of the molecule is CC(C)(C)C(=O)OCC(=O)[C@@]12ON(c3ccc(Cl)cc3)C[C@@H]1C[C@H]1[C@@H]3C[C@H](F)C4=CC(=O)C=C[C@]4(C)[C@@]3(F)[C@@H](O)C[C@@]12C. The quantitative estimate of drug-likeness (QED) is 0.444. The molecular formula is C33H38ClF2NO6. The Hall–Kier alpha value is -2.62. The first kappa shape index (κ1) is 30.4. The zero-order chi connectivity index (χ0) is 31.3. The van der Waals surface area contributed by atoms with E-state index in [4.69, 9.17) is 21.2 Å². The predicted molar refractivity (Wildman–Crippen MR) is 156 cm³/mol. The molecule has 1 heterocycles. The van der Waals surface area contributed by atoms with Gasteiger partial charge in [-0.15, -0.1) is 0 Å². The Bertz CT molecular complexity index is 1440. The lowest BCUT2D eigenvalue weighted by molar-refractivity contribution is -0.228. The summed E-state index contributed by atoms with van der Waals surface area (Å²) in [5.41, 5.74) is -6.64. The number of hydrogen-bond donors (Lipinski definition) is 1. The molecule has 0 bridgehead atoms. The van der Waals surface area contributed by atoms with Gasteiger partial charge in [0.25, 0.3) is 0 Å². The van der Waals surface area contributed by atoms with Gasteiger partial charge in [-0.3, -0.25) is 24.3 Å². The van der Waals surface area contributed by atoms with E-state index in [1.807, 2.05) is 6.92 Å². The van der Waals surface area contributed by atoms with Crippen LogP contribution in [0.25, 0.3) is 0 Å². The molecule has 10 heteroatoms. The number of ether oxygens (including phenoxy) is 1. The topological polar surface area (TPSA) is 93.1 Å². The average molecular weight is 618 g/mol. The van der Waals surface area contributed by atoms with Crippen LogP contribution in [0.3, 0.4) is 0 Å². The van der Waals surface area contributed by atoms with E-state index in [-0.39, 0.29) is 25.0 Å². The van der Waals surface area contributed by atoms with E-state index in [1.165, 1.54) is 12.2 Å². The van der Waals surface area contributed by atoms with Crippen molar-refractivity contribution in [1.29, 1.82) is 0 Å². The van der Waals surface area contributed by atoms with E-state index in [0.717, 1.165) is 6.08 Å². The van der Waals surface area contributed by atoms with E-state index in [1.54, 1.807) is 57.0 Å². The van der Waals surface area contributed by atoms with E-state index >= 15 is 8.78 Å². The summed E-state index contributed by atoms with van der Waals surface area (Å²) in [5.74, 6) is -3.39. The van der Waals surface area contributed by atoms with Gasteiger partial charge in [0.2, 0.25) is 5.78 Å². The van der Waals surface area contributed by atoms with Crippen LogP contribution in [0.4, 0.5) is 14.5 Å². The number of hydroxylamine groups is 1. The molecule has 0 spiro atoms. The molecule has 6 rings (SSSR count). The van der Waals surface area contributed by atoms with Crippen molar-refractivity contribution in [3.05, 3.63) is 53.1 Å². The van der Waals surface area contributed by atoms with Crippen molar-refractivity contribution in [2.45, 2.75) is 77.4 Å². The summed E-state index contributed by atoms with van der Waals surface area (Å²) >= 11 is 6.10. The number of carbonyl (C=O) groups excluding carboxylic acids is 3. The number of alkyl halides is 2. The molecule has 1 aromatic rings. The molecule has 0 unspecified atom stereocenters. The van der Waals surface area contributed by atoms with E-state index in [9.17, 15) is 19.5 Å². The Balaban J connectivity index is 1.42. The highest BCUT2D eigenvalue weighted by Crippen LogP contribution is 2.72.